The Labute approximate surface area is 115 Å². The molecule has 19 heavy (non-hydrogen) atoms. The molecular weight excluding hydrogens is 236 g/mol. The summed E-state index contributed by atoms with van der Waals surface area (Å²) >= 11 is 0. The van der Waals surface area contributed by atoms with Gasteiger partial charge in [-0.1, -0.05) is 39.8 Å². The highest BCUT2D eigenvalue weighted by Gasteiger charge is 2.50. The van der Waals surface area contributed by atoms with Gasteiger partial charge in [-0.25, -0.2) is 0 Å². The van der Waals surface area contributed by atoms with Crippen molar-refractivity contribution in [3.8, 4) is 0 Å². The molecule has 1 aromatic rings. The van der Waals surface area contributed by atoms with Crippen LogP contribution in [0.15, 0.2) is 24.3 Å². The van der Waals surface area contributed by atoms with Crippen molar-refractivity contribution in [3.63, 3.8) is 0 Å². The number of rotatable bonds is 5. The molecule has 1 unspecified atom stereocenters. The van der Waals surface area contributed by atoms with Gasteiger partial charge < -0.3 is 10.6 Å². The van der Waals surface area contributed by atoms with Crippen molar-refractivity contribution in [2.24, 2.45) is 11.3 Å². The van der Waals surface area contributed by atoms with Gasteiger partial charge in [0.1, 0.15) is 0 Å². The molecule has 1 amide bonds. The van der Waals surface area contributed by atoms with Crippen molar-refractivity contribution in [2.75, 3.05) is 5.32 Å². The smallest absolute Gasteiger partial charge is 0.228 e. The van der Waals surface area contributed by atoms with Crippen LogP contribution in [0, 0.1) is 11.3 Å². The molecule has 1 aliphatic rings. The lowest BCUT2D eigenvalue weighted by molar-refractivity contribution is -0.117. The van der Waals surface area contributed by atoms with Crippen molar-refractivity contribution in [3.05, 3.63) is 29.8 Å². The molecule has 0 aliphatic heterocycles. The first kappa shape index (κ1) is 14.1. The Bertz CT molecular complexity index is 466. The third-order valence-corrected chi connectivity index (χ3v) is 3.74. The highest BCUT2D eigenvalue weighted by molar-refractivity contribution is 5.95. The number of benzene rings is 1. The number of carbonyl (C=O) groups is 1. The van der Waals surface area contributed by atoms with E-state index in [4.69, 9.17) is 0 Å². The Balaban J connectivity index is 1.94. The SMILES string of the molecule is CC(C)NCc1cccc(NC(=O)C2CC2(C)C)c1. The van der Waals surface area contributed by atoms with Crippen molar-refractivity contribution in [1.29, 1.82) is 0 Å². The van der Waals surface area contributed by atoms with Crippen molar-refractivity contribution < 1.29 is 4.79 Å². The molecule has 0 spiro atoms. The zero-order chi connectivity index (χ0) is 14.0. The minimum atomic E-state index is 0.152. The van der Waals surface area contributed by atoms with E-state index < -0.39 is 0 Å². The topological polar surface area (TPSA) is 41.1 Å². The van der Waals surface area contributed by atoms with Crippen LogP contribution >= 0.6 is 0 Å². The molecule has 0 radical (unpaired) electrons. The largest absolute Gasteiger partial charge is 0.326 e. The Morgan fingerprint density at radius 1 is 1.42 bits per heavy atom. The third-order valence-electron chi connectivity index (χ3n) is 3.74. The van der Waals surface area contributed by atoms with Crippen LogP contribution < -0.4 is 10.6 Å². The fourth-order valence-electron chi connectivity index (χ4n) is 2.23. The monoisotopic (exact) mass is 260 g/mol. The second-order valence-electron chi connectivity index (χ2n) is 6.47. The zero-order valence-electron chi connectivity index (χ0n) is 12.3. The van der Waals surface area contributed by atoms with Gasteiger partial charge in [0.25, 0.3) is 0 Å². The molecule has 1 saturated carbocycles. The quantitative estimate of drug-likeness (QED) is 0.853. The lowest BCUT2D eigenvalue weighted by Crippen LogP contribution is -2.22. The van der Waals surface area contributed by atoms with Crippen LogP contribution in [0.2, 0.25) is 0 Å². The maximum atomic E-state index is 12.0. The highest BCUT2D eigenvalue weighted by Crippen LogP contribution is 2.51. The first-order chi connectivity index (χ1) is 8.88. The maximum Gasteiger partial charge on any atom is 0.228 e. The number of amides is 1. The van der Waals surface area contributed by atoms with E-state index in [2.05, 4.69) is 44.4 Å². The Kier molecular flexibility index (Phi) is 3.95. The molecule has 1 fully saturated rings. The van der Waals surface area contributed by atoms with Crippen LogP contribution in [0.3, 0.4) is 0 Å². The number of nitrogens with one attached hydrogen (secondary N) is 2. The van der Waals surface area contributed by atoms with E-state index in [0.29, 0.717) is 6.04 Å². The predicted octanol–water partition coefficient (Wildman–Crippen LogP) is 3.17. The molecule has 2 rings (SSSR count). The van der Waals surface area contributed by atoms with Crippen LogP contribution in [0.1, 0.15) is 39.7 Å². The summed E-state index contributed by atoms with van der Waals surface area (Å²) in [5.41, 5.74) is 2.28. The predicted molar refractivity (Wildman–Crippen MR) is 78.9 cm³/mol. The fourth-order valence-corrected chi connectivity index (χ4v) is 2.23. The van der Waals surface area contributed by atoms with Crippen LogP contribution in [0.25, 0.3) is 0 Å². The summed E-state index contributed by atoms with van der Waals surface area (Å²) in [5.74, 6) is 0.323. The van der Waals surface area contributed by atoms with Gasteiger partial charge in [0.05, 0.1) is 0 Å². The molecule has 0 bridgehead atoms. The van der Waals surface area contributed by atoms with E-state index >= 15 is 0 Å². The fraction of sp³-hybridized carbons (Fsp3) is 0.562. The Hall–Kier alpha value is -1.35. The van der Waals surface area contributed by atoms with Gasteiger partial charge >= 0.3 is 0 Å². The van der Waals surface area contributed by atoms with E-state index in [1.165, 1.54) is 5.56 Å². The lowest BCUT2D eigenvalue weighted by atomic mass is 10.1. The average Bonchev–Trinajstić information content (AvgIpc) is 2.96. The van der Waals surface area contributed by atoms with Gasteiger partial charge in [0.2, 0.25) is 5.91 Å². The number of anilines is 1. The van der Waals surface area contributed by atoms with Gasteiger partial charge in [-0.3, -0.25) is 4.79 Å². The summed E-state index contributed by atoms with van der Waals surface area (Å²) in [4.78, 5) is 12.0. The van der Waals surface area contributed by atoms with Crippen LogP contribution in [0.5, 0.6) is 0 Å². The maximum absolute atomic E-state index is 12.0. The van der Waals surface area contributed by atoms with E-state index in [1.807, 2.05) is 18.2 Å². The standard InChI is InChI=1S/C16H24N2O/c1-11(2)17-10-12-6-5-7-13(8-12)18-15(19)14-9-16(14,3)4/h5-8,11,14,17H,9-10H2,1-4H3,(H,18,19). The molecule has 0 saturated heterocycles. The summed E-state index contributed by atoms with van der Waals surface area (Å²) in [7, 11) is 0. The average molecular weight is 260 g/mol. The van der Waals surface area contributed by atoms with Crippen molar-refractivity contribution >= 4 is 11.6 Å². The second kappa shape index (κ2) is 5.33. The van der Waals surface area contributed by atoms with E-state index in [-0.39, 0.29) is 17.2 Å². The van der Waals surface area contributed by atoms with Crippen molar-refractivity contribution in [1.82, 2.24) is 5.32 Å². The molecule has 3 nitrogen and oxygen atoms in total. The van der Waals surface area contributed by atoms with Gasteiger partial charge in [-0.15, -0.1) is 0 Å². The molecule has 2 N–H and O–H groups in total. The zero-order valence-corrected chi connectivity index (χ0v) is 12.3. The number of hydrogen-bond donors (Lipinski definition) is 2. The minimum absolute atomic E-state index is 0.152. The second-order valence-corrected chi connectivity index (χ2v) is 6.47. The molecule has 1 aliphatic carbocycles. The summed E-state index contributed by atoms with van der Waals surface area (Å²) < 4.78 is 0. The Morgan fingerprint density at radius 2 is 2.11 bits per heavy atom. The van der Waals surface area contributed by atoms with Gasteiger partial charge in [0.15, 0.2) is 0 Å². The van der Waals surface area contributed by atoms with Gasteiger partial charge in [0, 0.05) is 24.2 Å². The highest BCUT2D eigenvalue weighted by atomic mass is 16.2. The van der Waals surface area contributed by atoms with Crippen LogP contribution in [0.4, 0.5) is 5.69 Å². The number of hydrogen-bond acceptors (Lipinski definition) is 2. The van der Waals surface area contributed by atoms with Crippen LogP contribution in [-0.4, -0.2) is 11.9 Å². The van der Waals surface area contributed by atoms with Crippen molar-refractivity contribution in [2.45, 2.75) is 46.7 Å². The Morgan fingerprint density at radius 3 is 2.68 bits per heavy atom. The van der Waals surface area contributed by atoms with E-state index in [1.54, 1.807) is 0 Å². The first-order valence-corrected chi connectivity index (χ1v) is 7.02. The van der Waals surface area contributed by atoms with E-state index in [9.17, 15) is 4.79 Å². The van der Waals surface area contributed by atoms with Crippen LogP contribution in [-0.2, 0) is 11.3 Å². The molecule has 104 valence electrons. The minimum Gasteiger partial charge on any atom is -0.326 e. The molecule has 1 atom stereocenters. The van der Waals surface area contributed by atoms with Gasteiger partial charge in [-0.05, 0) is 29.5 Å². The molecule has 1 aromatic carbocycles. The number of carbonyl (C=O) groups excluding carboxylic acids is 1. The van der Waals surface area contributed by atoms with Gasteiger partial charge in [-0.2, -0.15) is 0 Å². The third kappa shape index (κ3) is 3.80. The molecule has 0 aromatic heterocycles. The summed E-state index contributed by atoms with van der Waals surface area (Å²) in [6.07, 6.45) is 0.993. The molecular formula is C16H24N2O. The normalized spacial score (nSPS) is 20.4. The molecule has 3 heteroatoms. The summed E-state index contributed by atoms with van der Waals surface area (Å²) in [6, 6.07) is 8.52. The van der Waals surface area contributed by atoms with E-state index in [0.717, 1.165) is 18.7 Å². The summed E-state index contributed by atoms with van der Waals surface area (Å²) in [5, 5.41) is 6.40. The lowest BCUT2D eigenvalue weighted by Gasteiger charge is -2.10. The molecule has 0 heterocycles. The summed E-state index contributed by atoms with van der Waals surface area (Å²) in [6.45, 7) is 9.36. The first-order valence-electron chi connectivity index (χ1n) is 7.02.